The van der Waals surface area contributed by atoms with Gasteiger partial charge in [0.2, 0.25) is 0 Å². The number of carboxylic acids is 1. The Balaban J connectivity index is 0.000000409. The highest BCUT2D eigenvalue weighted by molar-refractivity contribution is 6.45. The van der Waals surface area contributed by atoms with Crippen LogP contribution in [0.3, 0.4) is 0 Å². The highest BCUT2D eigenvalue weighted by Crippen LogP contribution is 2.39. The fourth-order valence-electron chi connectivity index (χ4n) is 1.69. The van der Waals surface area contributed by atoms with E-state index in [0.717, 1.165) is 12.8 Å². The fourth-order valence-corrected chi connectivity index (χ4v) is 4.01. The van der Waals surface area contributed by atoms with Gasteiger partial charge in [-0.25, -0.2) is 0 Å². The van der Waals surface area contributed by atoms with Crippen molar-refractivity contribution < 1.29 is 9.90 Å². The van der Waals surface area contributed by atoms with Crippen LogP contribution in [0.4, 0.5) is 0 Å². The molecule has 0 amide bonds. The summed E-state index contributed by atoms with van der Waals surface area (Å²) in [6, 6.07) is -0.716. The summed E-state index contributed by atoms with van der Waals surface area (Å²) in [5, 5.41) is 5.70. The number of alkyl halides is 6. The normalized spacial score (nSPS) is 36.2. The quantitative estimate of drug-likeness (QED) is 0.456. The molecule has 1 unspecified atom stereocenters. The lowest BCUT2D eigenvalue weighted by molar-refractivity contribution is -0.138. The van der Waals surface area contributed by atoms with Gasteiger partial charge in [-0.15, -0.1) is 69.6 Å². The summed E-state index contributed by atoms with van der Waals surface area (Å²) in [5.41, 5.74) is 10.4. The van der Waals surface area contributed by atoms with Crippen LogP contribution in [0.15, 0.2) is 0 Å². The predicted molar refractivity (Wildman–Crippen MR) is 96.4 cm³/mol. The molecule has 10 heteroatoms. The summed E-state index contributed by atoms with van der Waals surface area (Å²) in [5.74, 6) is -0.933. The average molecular weight is 437 g/mol. The van der Waals surface area contributed by atoms with Gasteiger partial charge in [0.05, 0.1) is 32.3 Å². The lowest BCUT2D eigenvalue weighted by Crippen LogP contribution is -2.52. The summed E-state index contributed by atoms with van der Waals surface area (Å²) < 4.78 is 0. The van der Waals surface area contributed by atoms with Gasteiger partial charge in [0.15, 0.2) is 0 Å². The Hall–Kier alpha value is 1.13. The number of hydrogen-bond donors (Lipinski definition) is 3. The first-order valence-electron chi connectivity index (χ1n) is 6.68. The van der Waals surface area contributed by atoms with Crippen LogP contribution in [0.25, 0.3) is 0 Å². The topological polar surface area (TPSA) is 89.3 Å². The molecule has 0 saturated heterocycles. The van der Waals surface area contributed by atoms with Crippen LogP contribution in [0, 0.1) is 0 Å². The number of nitrogens with two attached hydrogens (primary N) is 2. The minimum atomic E-state index is -0.933. The van der Waals surface area contributed by atoms with Crippen LogP contribution in [0.1, 0.15) is 19.3 Å². The van der Waals surface area contributed by atoms with E-state index >= 15 is 0 Å². The summed E-state index contributed by atoms with van der Waals surface area (Å²) in [4.78, 5) is 10.1. The van der Waals surface area contributed by atoms with Crippen LogP contribution < -0.4 is 11.5 Å². The predicted octanol–water partition coefficient (Wildman–Crippen LogP) is 3.17. The van der Waals surface area contributed by atoms with E-state index in [9.17, 15) is 4.79 Å². The van der Waals surface area contributed by atoms with Crippen molar-refractivity contribution in [2.75, 3.05) is 6.54 Å². The summed E-state index contributed by atoms with van der Waals surface area (Å²) >= 11 is 35.3. The van der Waals surface area contributed by atoms with Gasteiger partial charge in [-0.1, -0.05) is 6.42 Å². The van der Waals surface area contributed by atoms with Crippen LogP contribution in [-0.4, -0.2) is 55.9 Å². The highest BCUT2D eigenvalue weighted by atomic mass is 35.5. The molecule has 0 radical (unpaired) electrons. The molecule has 1 aliphatic rings. The van der Waals surface area contributed by atoms with Gasteiger partial charge in [0.25, 0.3) is 0 Å². The van der Waals surface area contributed by atoms with Crippen LogP contribution >= 0.6 is 69.6 Å². The lowest BCUT2D eigenvalue weighted by atomic mass is 9.97. The Morgan fingerprint density at radius 1 is 0.864 bits per heavy atom. The van der Waals surface area contributed by atoms with E-state index in [-0.39, 0.29) is 0 Å². The Bertz CT molecular complexity index is 280. The van der Waals surface area contributed by atoms with Crippen molar-refractivity contribution in [1.82, 2.24) is 0 Å². The molecule has 0 bridgehead atoms. The molecule has 132 valence electrons. The van der Waals surface area contributed by atoms with Crippen molar-refractivity contribution in [1.29, 1.82) is 0 Å². The number of unbranched alkanes of at least 4 members (excludes halogenated alkanes) is 1. The molecule has 0 heterocycles. The van der Waals surface area contributed by atoms with Gasteiger partial charge >= 0.3 is 5.97 Å². The largest absolute Gasteiger partial charge is 0.480 e. The first-order chi connectivity index (χ1) is 10.1. The minimum absolute atomic E-state index is 0.437. The van der Waals surface area contributed by atoms with Gasteiger partial charge < -0.3 is 16.6 Å². The second-order valence-electron chi connectivity index (χ2n) is 4.90. The van der Waals surface area contributed by atoms with Crippen LogP contribution in [-0.2, 0) is 4.79 Å². The van der Waals surface area contributed by atoms with Gasteiger partial charge in [-0.3, -0.25) is 4.79 Å². The fraction of sp³-hybridized carbons (Fsp3) is 0.917. The SMILES string of the molecule is Cl[C@H]1[C@H](Cl)[C@@H](Cl)[C@@H](Cl)[C@H](Cl)[C@H]1Cl.NCCCCC(N)C(=O)O. The smallest absolute Gasteiger partial charge is 0.320 e. The molecule has 0 aromatic rings. The summed E-state index contributed by atoms with van der Waals surface area (Å²) in [6.07, 6.45) is 2.16. The summed E-state index contributed by atoms with van der Waals surface area (Å²) in [6.45, 7) is 0.604. The zero-order valence-corrected chi connectivity index (χ0v) is 16.2. The van der Waals surface area contributed by atoms with Crippen molar-refractivity contribution in [3.63, 3.8) is 0 Å². The van der Waals surface area contributed by atoms with E-state index in [1.54, 1.807) is 0 Å². The number of carboxylic acid groups (broad SMARTS) is 1. The molecule has 0 aliphatic heterocycles. The second-order valence-corrected chi connectivity index (χ2v) is 7.92. The molecular weight excluding hydrogens is 417 g/mol. The van der Waals surface area contributed by atoms with Gasteiger partial charge in [0.1, 0.15) is 6.04 Å². The molecule has 1 saturated carbocycles. The maximum Gasteiger partial charge on any atom is 0.320 e. The second kappa shape index (κ2) is 11.6. The Morgan fingerprint density at radius 2 is 1.18 bits per heavy atom. The van der Waals surface area contributed by atoms with Crippen LogP contribution in [0.5, 0.6) is 0 Å². The molecule has 1 fully saturated rings. The lowest BCUT2D eigenvalue weighted by Gasteiger charge is -2.37. The third kappa shape index (κ3) is 7.35. The van der Waals surface area contributed by atoms with Crippen molar-refractivity contribution in [3.05, 3.63) is 0 Å². The van der Waals surface area contributed by atoms with Gasteiger partial charge in [-0.05, 0) is 19.4 Å². The molecule has 0 aromatic carbocycles. The molecular formula is C12H20Cl6N2O2. The molecule has 1 rings (SSSR count). The molecule has 4 nitrogen and oxygen atoms in total. The van der Waals surface area contributed by atoms with Crippen molar-refractivity contribution >= 4 is 75.6 Å². The molecule has 1 atom stereocenters. The number of halogens is 6. The third-order valence-electron chi connectivity index (χ3n) is 3.11. The van der Waals surface area contributed by atoms with E-state index < -0.39 is 44.3 Å². The molecule has 1 aliphatic carbocycles. The monoisotopic (exact) mass is 434 g/mol. The van der Waals surface area contributed by atoms with Gasteiger partial charge in [-0.2, -0.15) is 0 Å². The zero-order chi connectivity index (χ0) is 17.4. The molecule has 0 spiro atoms. The van der Waals surface area contributed by atoms with E-state index in [0.29, 0.717) is 13.0 Å². The molecule has 22 heavy (non-hydrogen) atoms. The first kappa shape index (κ1) is 23.1. The van der Waals surface area contributed by atoms with E-state index in [1.807, 2.05) is 0 Å². The zero-order valence-electron chi connectivity index (χ0n) is 11.6. The first-order valence-corrected chi connectivity index (χ1v) is 9.29. The number of carbonyl (C=O) groups is 1. The van der Waals surface area contributed by atoms with Crippen molar-refractivity contribution in [2.45, 2.75) is 57.6 Å². The molecule has 5 N–H and O–H groups in total. The number of hydrogen-bond acceptors (Lipinski definition) is 3. The maximum atomic E-state index is 10.1. The Labute approximate surface area is 160 Å². The van der Waals surface area contributed by atoms with E-state index in [1.165, 1.54) is 0 Å². The molecule has 0 aromatic heterocycles. The minimum Gasteiger partial charge on any atom is -0.480 e. The number of rotatable bonds is 5. The van der Waals surface area contributed by atoms with Crippen LogP contribution in [0.2, 0.25) is 0 Å². The Kier molecular flexibility index (Phi) is 12.2. The standard InChI is InChI=1S/C6H6Cl6.C6H14N2O2/c7-1-2(8)4(10)6(12)5(11)3(1)9;7-4-2-1-3-5(8)6(9)10/h1-6H;5H,1-4,7-8H2,(H,9,10)/t1-,2-,3-,4+,5+,6+;. The third-order valence-corrected chi connectivity index (χ3v) is 7.14. The van der Waals surface area contributed by atoms with E-state index in [2.05, 4.69) is 0 Å². The highest BCUT2D eigenvalue weighted by Gasteiger charge is 2.46. The average Bonchev–Trinajstić information content (AvgIpc) is 2.49. The maximum absolute atomic E-state index is 10.1. The van der Waals surface area contributed by atoms with Gasteiger partial charge in [0, 0.05) is 0 Å². The Morgan fingerprint density at radius 3 is 1.41 bits per heavy atom. The summed E-state index contributed by atoms with van der Waals surface area (Å²) in [7, 11) is 0. The van der Waals surface area contributed by atoms with Crippen molar-refractivity contribution in [3.8, 4) is 0 Å². The van der Waals surface area contributed by atoms with E-state index in [4.69, 9.17) is 86.2 Å². The van der Waals surface area contributed by atoms with Crippen molar-refractivity contribution in [2.24, 2.45) is 11.5 Å². The number of aliphatic carboxylic acids is 1.